The lowest BCUT2D eigenvalue weighted by Crippen LogP contribution is -2.54. The molecule has 0 saturated carbocycles. The molecule has 0 bridgehead atoms. The number of benzene rings is 3. The number of imide groups is 2. The maximum atomic E-state index is 13.2. The number of amides is 4. The first-order valence-electron chi connectivity index (χ1n) is 10.7. The van der Waals surface area contributed by atoms with E-state index in [2.05, 4.69) is 50.5 Å². The zero-order chi connectivity index (χ0) is 24.9. The van der Waals surface area contributed by atoms with Crippen molar-refractivity contribution in [2.45, 2.75) is 13.5 Å². The van der Waals surface area contributed by atoms with Crippen molar-refractivity contribution in [2.75, 3.05) is 11.5 Å². The Bertz CT molecular complexity index is 1280. The van der Waals surface area contributed by atoms with E-state index >= 15 is 0 Å². The van der Waals surface area contributed by atoms with Gasteiger partial charge in [0.1, 0.15) is 23.7 Å². The van der Waals surface area contributed by atoms with Gasteiger partial charge in [0.15, 0.2) is 0 Å². The molecule has 1 fully saturated rings. The van der Waals surface area contributed by atoms with Crippen LogP contribution in [0.1, 0.15) is 18.1 Å². The van der Waals surface area contributed by atoms with Gasteiger partial charge in [-0.1, -0.05) is 30.3 Å². The fourth-order valence-electron chi connectivity index (χ4n) is 3.45. The van der Waals surface area contributed by atoms with Crippen molar-refractivity contribution in [3.63, 3.8) is 0 Å². The number of hydrogen-bond donors (Lipinski definition) is 1. The van der Waals surface area contributed by atoms with Gasteiger partial charge < -0.3 is 9.47 Å². The highest BCUT2D eigenvalue weighted by Crippen LogP contribution is 2.31. The highest BCUT2D eigenvalue weighted by Gasteiger charge is 2.36. The Kier molecular flexibility index (Phi) is 8.06. The molecular formula is C26H20I2N2O5. The number of ether oxygens (including phenoxy) is 2. The Morgan fingerprint density at radius 3 is 2.20 bits per heavy atom. The first-order valence-corrected chi connectivity index (χ1v) is 12.8. The number of carbonyl (C=O) groups is 3. The van der Waals surface area contributed by atoms with Crippen molar-refractivity contribution in [3.05, 3.63) is 90.6 Å². The molecule has 0 aliphatic carbocycles. The summed E-state index contributed by atoms with van der Waals surface area (Å²) < 4.78 is 13.1. The number of anilines is 1. The minimum absolute atomic E-state index is 0.136. The van der Waals surface area contributed by atoms with Crippen LogP contribution in [0.15, 0.2) is 72.3 Å². The van der Waals surface area contributed by atoms with Crippen molar-refractivity contribution in [2.24, 2.45) is 0 Å². The zero-order valence-electron chi connectivity index (χ0n) is 18.6. The third-order valence-electron chi connectivity index (χ3n) is 5.07. The second-order valence-electron chi connectivity index (χ2n) is 7.47. The highest BCUT2D eigenvalue weighted by atomic mass is 127. The third kappa shape index (κ3) is 5.84. The number of rotatable bonds is 7. The van der Waals surface area contributed by atoms with Crippen LogP contribution in [0.2, 0.25) is 0 Å². The van der Waals surface area contributed by atoms with E-state index in [-0.39, 0.29) is 5.57 Å². The number of carbonyl (C=O) groups excluding carboxylic acids is 3. The number of halogens is 2. The first kappa shape index (κ1) is 25.2. The SMILES string of the molecule is CCOc1ccc(N2C(=O)NC(=O)/C(=C/c3cc(I)c(OCc4ccccc4)c(I)c3)C2=O)cc1. The Labute approximate surface area is 229 Å². The summed E-state index contributed by atoms with van der Waals surface area (Å²) in [6.07, 6.45) is 1.48. The second kappa shape index (κ2) is 11.2. The predicted molar refractivity (Wildman–Crippen MR) is 149 cm³/mol. The van der Waals surface area contributed by atoms with Gasteiger partial charge in [0.25, 0.3) is 11.8 Å². The van der Waals surface area contributed by atoms with Gasteiger partial charge in [-0.2, -0.15) is 0 Å². The summed E-state index contributed by atoms with van der Waals surface area (Å²) in [7, 11) is 0. The number of hydrogen-bond acceptors (Lipinski definition) is 5. The Morgan fingerprint density at radius 2 is 1.57 bits per heavy atom. The van der Waals surface area contributed by atoms with E-state index in [9.17, 15) is 14.4 Å². The lowest BCUT2D eigenvalue weighted by Gasteiger charge is -2.26. The minimum atomic E-state index is -0.796. The molecule has 0 unspecified atom stereocenters. The average molecular weight is 694 g/mol. The Morgan fingerprint density at radius 1 is 0.914 bits per heavy atom. The molecule has 1 saturated heterocycles. The maximum absolute atomic E-state index is 13.2. The largest absolute Gasteiger partial charge is 0.494 e. The van der Waals surface area contributed by atoms with Gasteiger partial charge >= 0.3 is 6.03 Å². The molecule has 4 amide bonds. The summed E-state index contributed by atoms with van der Waals surface area (Å²) in [6.45, 7) is 2.79. The fraction of sp³-hybridized carbons (Fsp3) is 0.115. The van der Waals surface area contributed by atoms with E-state index in [1.54, 1.807) is 24.3 Å². The van der Waals surface area contributed by atoms with Crippen molar-refractivity contribution < 1.29 is 23.9 Å². The van der Waals surface area contributed by atoms with Crippen molar-refractivity contribution in [1.82, 2.24) is 5.32 Å². The van der Waals surface area contributed by atoms with E-state index < -0.39 is 17.8 Å². The van der Waals surface area contributed by atoms with Gasteiger partial charge in [-0.15, -0.1) is 0 Å². The molecule has 0 spiro atoms. The minimum Gasteiger partial charge on any atom is -0.494 e. The number of urea groups is 1. The Balaban J connectivity index is 1.59. The van der Waals surface area contributed by atoms with Crippen LogP contribution in [0.3, 0.4) is 0 Å². The normalized spacial score (nSPS) is 14.8. The standard InChI is InChI=1S/C26H20I2N2O5/c1-2-34-19-10-8-18(9-11-19)30-25(32)20(24(31)29-26(30)33)12-17-13-21(27)23(22(28)14-17)35-15-16-6-4-3-5-7-16/h3-14H,2,15H2,1H3,(H,29,31,33)/b20-12-. The topological polar surface area (TPSA) is 84.9 Å². The maximum Gasteiger partial charge on any atom is 0.335 e. The highest BCUT2D eigenvalue weighted by molar-refractivity contribution is 14.1. The molecule has 1 aliphatic heterocycles. The molecule has 1 N–H and O–H groups in total. The zero-order valence-corrected chi connectivity index (χ0v) is 22.9. The van der Waals surface area contributed by atoms with Crippen LogP contribution < -0.4 is 19.7 Å². The second-order valence-corrected chi connectivity index (χ2v) is 9.80. The fourth-order valence-corrected chi connectivity index (χ4v) is 5.57. The van der Waals surface area contributed by atoms with Gasteiger partial charge in [-0.05, 0) is 106 Å². The first-order chi connectivity index (χ1) is 16.9. The van der Waals surface area contributed by atoms with E-state index in [1.807, 2.05) is 49.4 Å². The van der Waals surface area contributed by atoms with Crippen molar-refractivity contribution in [3.8, 4) is 11.5 Å². The van der Waals surface area contributed by atoms with Gasteiger partial charge in [0.05, 0.1) is 19.4 Å². The van der Waals surface area contributed by atoms with E-state index in [1.165, 1.54) is 6.08 Å². The summed E-state index contributed by atoms with van der Waals surface area (Å²) in [5, 5.41) is 2.25. The average Bonchev–Trinajstić information content (AvgIpc) is 2.83. The summed E-state index contributed by atoms with van der Waals surface area (Å²) in [5.74, 6) is -0.0940. The summed E-state index contributed by atoms with van der Waals surface area (Å²) in [4.78, 5) is 39.1. The third-order valence-corrected chi connectivity index (χ3v) is 6.67. The molecule has 9 heteroatoms. The Hall–Kier alpha value is -2.93. The molecule has 3 aromatic rings. The van der Waals surface area contributed by atoms with Crippen LogP contribution in [0.5, 0.6) is 11.5 Å². The molecule has 0 radical (unpaired) electrons. The molecule has 35 heavy (non-hydrogen) atoms. The summed E-state index contributed by atoms with van der Waals surface area (Å²) in [6, 6.07) is 19.2. The smallest absolute Gasteiger partial charge is 0.335 e. The molecule has 3 aromatic carbocycles. The van der Waals surface area contributed by atoms with Crippen molar-refractivity contribution >= 4 is 74.8 Å². The monoisotopic (exact) mass is 694 g/mol. The molecule has 0 atom stereocenters. The van der Waals surface area contributed by atoms with Gasteiger partial charge in [0.2, 0.25) is 0 Å². The quantitative estimate of drug-likeness (QED) is 0.200. The molecule has 1 heterocycles. The lowest BCUT2D eigenvalue weighted by molar-refractivity contribution is -0.122. The lowest BCUT2D eigenvalue weighted by atomic mass is 10.1. The van der Waals surface area contributed by atoms with Crippen LogP contribution in [-0.2, 0) is 16.2 Å². The van der Waals surface area contributed by atoms with Crippen LogP contribution in [0.4, 0.5) is 10.5 Å². The van der Waals surface area contributed by atoms with Crippen LogP contribution in [-0.4, -0.2) is 24.5 Å². The molecular weight excluding hydrogens is 674 g/mol. The molecule has 1 aliphatic rings. The van der Waals surface area contributed by atoms with Gasteiger partial charge in [-0.25, -0.2) is 9.69 Å². The van der Waals surface area contributed by atoms with Crippen LogP contribution in [0.25, 0.3) is 6.08 Å². The molecule has 178 valence electrons. The van der Waals surface area contributed by atoms with E-state index in [4.69, 9.17) is 9.47 Å². The molecule has 0 aromatic heterocycles. The van der Waals surface area contributed by atoms with Crippen molar-refractivity contribution in [1.29, 1.82) is 0 Å². The van der Waals surface area contributed by atoms with E-state index in [0.29, 0.717) is 30.2 Å². The van der Waals surface area contributed by atoms with Gasteiger partial charge in [-0.3, -0.25) is 14.9 Å². The number of nitrogens with one attached hydrogen (secondary N) is 1. The predicted octanol–water partition coefficient (Wildman–Crippen LogP) is 5.54. The van der Waals surface area contributed by atoms with Crippen LogP contribution >= 0.6 is 45.2 Å². The molecule has 4 rings (SSSR count). The summed E-state index contributed by atoms with van der Waals surface area (Å²) >= 11 is 4.33. The van der Waals surface area contributed by atoms with E-state index in [0.717, 1.165) is 23.4 Å². The number of nitrogens with zero attached hydrogens (tertiary/aromatic N) is 1. The van der Waals surface area contributed by atoms with Gasteiger partial charge in [0, 0.05) is 0 Å². The molecule has 7 nitrogen and oxygen atoms in total. The summed E-state index contributed by atoms with van der Waals surface area (Å²) in [5.41, 5.74) is 1.89. The van der Waals surface area contributed by atoms with Crippen LogP contribution in [0, 0.1) is 7.14 Å². The number of barbiturate groups is 1.